The first kappa shape index (κ1) is 19.4. The molecule has 27 heavy (non-hydrogen) atoms. The molecule has 3 rings (SSSR count). The van der Waals surface area contributed by atoms with Crippen molar-refractivity contribution in [2.75, 3.05) is 11.4 Å². The number of para-hydroxylation sites is 1. The van der Waals surface area contributed by atoms with Gasteiger partial charge in [0, 0.05) is 35.7 Å². The minimum atomic E-state index is -0.324. The van der Waals surface area contributed by atoms with Gasteiger partial charge in [-0.1, -0.05) is 47.5 Å². The molecule has 0 bridgehead atoms. The van der Waals surface area contributed by atoms with E-state index in [9.17, 15) is 9.59 Å². The molecule has 5 nitrogen and oxygen atoms in total. The van der Waals surface area contributed by atoms with Crippen molar-refractivity contribution in [3.8, 4) is 0 Å². The van der Waals surface area contributed by atoms with Gasteiger partial charge in [-0.25, -0.2) is 5.43 Å². The topological polar surface area (TPSA) is 61.8 Å². The summed E-state index contributed by atoms with van der Waals surface area (Å²) in [5, 5.41) is 4.85. The van der Waals surface area contributed by atoms with Crippen molar-refractivity contribution in [3.63, 3.8) is 0 Å². The zero-order chi connectivity index (χ0) is 19.2. The number of anilines is 1. The minimum absolute atomic E-state index is 0.0537. The Bertz CT molecular complexity index is 883. The highest BCUT2D eigenvalue weighted by molar-refractivity contribution is 6.36. The minimum Gasteiger partial charge on any atom is -0.312 e. The molecule has 1 heterocycles. The van der Waals surface area contributed by atoms with Crippen molar-refractivity contribution in [1.82, 2.24) is 5.43 Å². The van der Waals surface area contributed by atoms with Gasteiger partial charge in [0.2, 0.25) is 11.8 Å². The molecule has 0 fully saturated rings. The van der Waals surface area contributed by atoms with Gasteiger partial charge in [-0.15, -0.1) is 0 Å². The summed E-state index contributed by atoms with van der Waals surface area (Å²) in [6.07, 6.45) is 3.56. The third-order valence-electron chi connectivity index (χ3n) is 4.33. The van der Waals surface area contributed by atoms with Crippen molar-refractivity contribution >= 4 is 46.9 Å². The molecule has 0 saturated heterocycles. The largest absolute Gasteiger partial charge is 0.312 e. The van der Waals surface area contributed by atoms with Crippen LogP contribution in [0, 0.1) is 0 Å². The van der Waals surface area contributed by atoms with Crippen molar-refractivity contribution in [2.24, 2.45) is 5.10 Å². The summed E-state index contributed by atoms with van der Waals surface area (Å²) in [6, 6.07) is 12.9. The first-order valence-electron chi connectivity index (χ1n) is 8.70. The van der Waals surface area contributed by atoms with Gasteiger partial charge >= 0.3 is 0 Å². The highest BCUT2D eigenvalue weighted by atomic mass is 35.5. The summed E-state index contributed by atoms with van der Waals surface area (Å²) in [6.45, 7) is 0.685. The maximum atomic E-state index is 12.5. The maximum absolute atomic E-state index is 12.5. The Morgan fingerprint density at radius 1 is 1.15 bits per heavy atom. The number of nitrogens with one attached hydrogen (secondary N) is 1. The van der Waals surface area contributed by atoms with Crippen LogP contribution in [0.2, 0.25) is 10.0 Å². The smallest absolute Gasteiger partial charge is 0.240 e. The van der Waals surface area contributed by atoms with Gasteiger partial charge in [0.1, 0.15) is 0 Å². The van der Waals surface area contributed by atoms with Crippen LogP contribution < -0.4 is 10.3 Å². The van der Waals surface area contributed by atoms with Crippen molar-refractivity contribution in [2.45, 2.75) is 25.7 Å². The molecule has 140 valence electrons. The summed E-state index contributed by atoms with van der Waals surface area (Å²) in [4.78, 5) is 26.2. The number of amides is 2. The number of aryl methyl sites for hydroxylation is 1. The second-order valence-corrected chi connectivity index (χ2v) is 7.08. The number of halogens is 2. The Balaban J connectivity index is 1.51. The highest BCUT2D eigenvalue weighted by Gasteiger charge is 2.22. The molecule has 0 unspecified atom stereocenters. The zero-order valence-corrected chi connectivity index (χ0v) is 16.1. The summed E-state index contributed by atoms with van der Waals surface area (Å²) < 4.78 is 0. The van der Waals surface area contributed by atoms with Crippen LogP contribution in [0.4, 0.5) is 5.69 Å². The molecule has 2 amide bonds. The molecular weight excluding hydrogens is 385 g/mol. The third-order valence-corrected chi connectivity index (χ3v) is 4.90. The van der Waals surface area contributed by atoms with E-state index in [1.165, 1.54) is 11.8 Å². The number of rotatable bonds is 5. The summed E-state index contributed by atoms with van der Waals surface area (Å²) in [5.74, 6) is -0.378. The van der Waals surface area contributed by atoms with Crippen LogP contribution in [0.5, 0.6) is 0 Å². The van der Waals surface area contributed by atoms with Crippen molar-refractivity contribution in [3.05, 3.63) is 63.6 Å². The second kappa shape index (κ2) is 9.02. The molecular formula is C20H19Cl2N3O2. The van der Waals surface area contributed by atoms with E-state index in [0.29, 0.717) is 22.2 Å². The maximum Gasteiger partial charge on any atom is 0.240 e. The quantitative estimate of drug-likeness (QED) is 0.600. The second-order valence-electron chi connectivity index (χ2n) is 6.24. The number of carbonyl (C=O) groups is 2. The number of hydrazone groups is 1. The van der Waals surface area contributed by atoms with Crippen LogP contribution in [0.15, 0.2) is 47.6 Å². The average Bonchev–Trinajstić information content (AvgIpc) is 2.67. The number of nitrogens with zero attached hydrogens (tertiary/aromatic N) is 2. The first-order valence-corrected chi connectivity index (χ1v) is 9.45. The van der Waals surface area contributed by atoms with E-state index in [0.717, 1.165) is 18.5 Å². The Kier molecular flexibility index (Phi) is 6.48. The Hall–Kier alpha value is -2.37. The lowest BCUT2D eigenvalue weighted by molar-refractivity contribution is -0.125. The lowest BCUT2D eigenvalue weighted by atomic mass is 10.0. The van der Waals surface area contributed by atoms with Crippen LogP contribution in [-0.4, -0.2) is 24.6 Å². The van der Waals surface area contributed by atoms with Crippen molar-refractivity contribution in [1.29, 1.82) is 0 Å². The van der Waals surface area contributed by atoms with Crippen LogP contribution in [0.1, 0.15) is 30.4 Å². The Morgan fingerprint density at radius 3 is 2.78 bits per heavy atom. The highest BCUT2D eigenvalue weighted by Crippen LogP contribution is 2.27. The molecule has 1 aliphatic rings. The van der Waals surface area contributed by atoms with Gasteiger partial charge in [0.05, 0.1) is 11.2 Å². The van der Waals surface area contributed by atoms with Crippen LogP contribution in [-0.2, 0) is 16.0 Å². The van der Waals surface area contributed by atoms with Crippen LogP contribution in [0.3, 0.4) is 0 Å². The van der Waals surface area contributed by atoms with E-state index in [1.807, 2.05) is 24.3 Å². The molecule has 7 heteroatoms. The number of carbonyl (C=O) groups excluding carboxylic acids is 2. The van der Waals surface area contributed by atoms with Gasteiger partial charge in [0.15, 0.2) is 0 Å². The number of fused-ring (bicyclic) bond motifs is 1. The Morgan fingerprint density at radius 2 is 1.96 bits per heavy atom. The molecule has 0 spiro atoms. The van der Waals surface area contributed by atoms with E-state index in [4.69, 9.17) is 23.2 Å². The predicted octanol–water partition coefficient (Wildman–Crippen LogP) is 4.20. The van der Waals surface area contributed by atoms with E-state index >= 15 is 0 Å². The molecule has 0 aliphatic carbocycles. The predicted molar refractivity (Wildman–Crippen MR) is 109 cm³/mol. The number of hydrogen-bond acceptors (Lipinski definition) is 3. The van der Waals surface area contributed by atoms with Gasteiger partial charge in [0.25, 0.3) is 0 Å². The molecule has 0 atom stereocenters. The molecule has 0 radical (unpaired) electrons. The SMILES string of the molecule is O=C(CCC(=O)N1CCCc2ccccc21)NN=Cc1ccc(Cl)cc1Cl. The Labute approximate surface area is 168 Å². The molecule has 0 saturated carbocycles. The molecule has 0 aromatic heterocycles. The molecule has 1 aliphatic heterocycles. The number of benzene rings is 2. The lowest BCUT2D eigenvalue weighted by Gasteiger charge is -2.29. The first-order chi connectivity index (χ1) is 13.0. The fraction of sp³-hybridized carbons (Fsp3) is 0.250. The normalized spacial score (nSPS) is 13.5. The van der Waals surface area contributed by atoms with Crippen LogP contribution in [0.25, 0.3) is 0 Å². The number of hydrogen-bond donors (Lipinski definition) is 1. The fourth-order valence-electron chi connectivity index (χ4n) is 2.98. The average molecular weight is 404 g/mol. The monoisotopic (exact) mass is 403 g/mol. The van der Waals surface area contributed by atoms with Gasteiger partial charge in [-0.05, 0) is 36.6 Å². The van der Waals surface area contributed by atoms with Gasteiger partial charge < -0.3 is 4.90 Å². The van der Waals surface area contributed by atoms with Gasteiger partial charge in [-0.3, -0.25) is 9.59 Å². The van der Waals surface area contributed by atoms with E-state index in [-0.39, 0.29) is 24.7 Å². The van der Waals surface area contributed by atoms with E-state index in [2.05, 4.69) is 10.5 Å². The van der Waals surface area contributed by atoms with Crippen molar-refractivity contribution < 1.29 is 9.59 Å². The zero-order valence-electron chi connectivity index (χ0n) is 14.6. The molecule has 1 N–H and O–H groups in total. The van der Waals surface area contributed by atoms with Gasteiger partial charge in [-0.2, -0.15) is 5.10 Å². The van der Waals surface area contributed by atoms with E-state index < -0.39 is 0 Å². The summed E-state index contributed by atoms with van der Waals surface area (Å²) in [5.41, 5.74) is 5.18. The molecule has 2 aromatic rings. The van der Waals surface area contributed by atoms with E-state index in [1.54, 1.807) is 23.1 Å². The summed E-state index contributed by atoms with van der Waals surface area (Å²) in [7, 11) is 0. The fourth-order valence-corrected chi connectivity index (χ4v) is 3.44. The van der Waals surface area contributed by atoms with Crippen LogP contribution >= 0.6 is 23.2 Å². The third kappa shape index (κ3) is 5.08. The standard InChI is InChI=1S/C20H19Cl2N3O2/c21-16-8-7-15(17(22)12-16)13-23-24-19(26)9-10-20(27)25-11-3-5-14-4-1-2-6-18(14)25/h1-2,4,6-8,12-13H,3,5,9-11H2,(H,24,26). The lowest BCUT2D eigenvalue weighted by Crippen LogP contribution is -2.36. The molecule has 2 aromatic carbocycles. The summed E-state index contributed by atoms with van der Waals surface area (Å²) >= 11 is 11.9.